The van der Waals surface area contributed by atoms with Crippen LogP contribution in [0.4, 0.5) is 5.82 Å². The molecule has 0 aliphatic heterocycles. The van der Waals surface area contributed by atoms with Gasteiger partial charge < -0.3 is 10.4 Å². The van der Waals surface area contributed by atoms with E-state index in [0.717, 1.165) is 5.56 Å². The third-order valence-electron chi connectivity index (χ3n) is 2.93. The van der Waals surface area contributed by atoms with Gasteiger partial charge in [-0.2, -0.15) is 19.6 Å². The van der Waals surface area contributed by atoms with Gasteiger partial charge in [-0.3, -0.25) is 0 Å². The lowest BCUT2D eigenvalue weighted by Crippen LogP contribution is -2.17. The Labute approximate surface area is 120 Å². The number of rotatable bonds is 4. The van der Waals surface area contributed by atoms with Crippen LogP contribution in [0.1, 0.15) is 11.6 Å². The van der Waals surface area contributed by atoms with Crippen LogP contribution >= 0.6 is 11.6 Å². The third-order valence-corrected chi connectivity index (χ3v) is 3.12. The van der Waals surface area contributed by atoms with Crippen LogP contribution in [0.25, 0.3) is 5.78 Å². The van der Waals surface area contributed by atoms with Gasteiger partial charge in [0.25, 0.3) is 5.78 Å². The van der Waals surface area contributed by atoms with Crippen LogP contribution < -0.4 is 5.32 Å². The predicted octanol–water partition coefficient (Wildman–Crippen LogP) is 1.92. The summed E-state index contributed by atoms with van der Waals surface area (Å²) in [5.41, 5.74) is 0.969. The lowest BCUT2D eigenvalue weighted by molar-refractivity contribution is 0.276. The molecule has 0 radical (unpaired) electrons. The van der Waals surface area contributed by atoms with Crippen molar-refractivity contribution in [3.05, 3.63) is 53.4 Å². The maximum Gasteiger partial charge on any atom is 0.255 e. The van der Waals surface area contributed by atoms with Crippen LogP contribution in [0.15, 0.2) is 42.7 Å². The number of hydrogen-bond donors (Lipinski definition) is 2. The predicted molar refractivity (Wildman–Crippen MR) is 75.7 cm³/mol. The minimum absolute atomic E-state index is 0.0554. The smallest absolute Gasteiger partial charge is 0.255 e. The summed E-state index contributed by atoms with van der Waals surface area (Å²) in [6, 6.07) is 11.0. The Bertz CT molecular complexity index is 715. The maximum atomic E-state index is 9.58. The summed E-state index contributed by atoms with van der Waals surface area (Å²) >= 11 is 5.96. The Morgan fingerprint density at radius 1 is 1.30 bits per heavy atom. The first kappa shape index (κ1) is 12.8. The van der Waals surface area contributed by atoms with E-state index < -0.39 is 0 Å². The van der Waals surface area contributed by atoms with Gasteiger partial charge in [0, 0.05) is 6.07 Å². The fourth-order valence-electron chi connectivity index (χ4n) is 1.98. The first-order valence-corrected chi connectivity index (χ1v) is 6.44. The zero-order valence-corrected chi connectivity index (χ0v) is 11.2. The number of aromatic nitrogens is 4. The molecule has 1 atom stereocenters. The highest BCUT2D eigenvalue weighted by Crippen LogP contribution is 2.21. The van der Waals surface area contributed by atoms with Gasteiger partial charge in [-0.15, -0.1) is 0 Å². The molecule has 1 unspecified atom stereocenters. The molecule has 102 valence electrons. The van der Waals surface area contributed by atoms with E-state index in [9.17, 15) is 5.11 Å². The minimum atomic E-state index is -0.262. The Morgan fingerprint density at radius 2 is 2.10 bits per heavy atom. The zero-order valence-electron chi connectivity index (χ0n) is 10.4. The van der Waals surface area contributed by atoms with Gasteiger partial charge in [0.15, 0.2) is 0 Å². The molecule has 20 heavy (non-hydrogen) atoms. The zero-order chi connectivity index (χ0) is 13.9. The Balaban J connectivity index is 1.97. The van der Waals surface area contributed by atoms with Crippen molar-refractivity contribution >= 4 is 23.2 Å². The molecule has 3 rings (SSSR count). The molecule has 0 aliphatic rings. The molecule has 3 aromatic rings. The second kappa shape index (κ2) is 5.44. The highest BCUT2D eigenvalue weighted by atomic mass is 35.5. The fourth-order valence-corrected chi connectivity index (χ4v) is 2.16. The fraction of sp³-hybridized carbons (Fsp3) is 0.154. The molecule has 2 N–H and O–H groups in total. The van der Waals surface area contributed by atoms with Crippen molar-refractivity contribution in [3.8, 4) is 0 Å². The number of fused-ring (bicyclic) bond motifs is 1. The molecule has 1 aromatic carbocycles. The summed E-state index contributed by atoms with van der Waals surface area (Å²) in [6.07, 6.45) is 1.40. The van der Waals surface area contributed by atoms with E-state index in [-0.39, 0.29) is 12.6 Å². The van der Waals surface area contributed by atoms with E-state index in [0.29, 0.717) is 16.7 Å². The quantitative estimate of drug-likeness (QED) is 0.718. The van der Waals surface area contributed by atoms with Crippen molar-refractivity contribution in [1.29, 1.82) is 0 Å². The number of anilines is 1. The van der Waals surface area contributed by atoms with Crippen molar-refractivity contribution in [2.24, 2.45) is 0 Å². The SMILES string of the molecule is OCC(Nc1cc(Cl)nc2ncnn12)c1ccccc1. The van der Waals surface area contributed by atoms with Gasteiger partial charge >= 0.3 is 0 Å². The summed E-state index contributed by atoms with van der Waals surface area (Å²) in [7, 11) is 0. The number of hydrogen-bond acceptors (Lipinski definition) is 5. The van der Waals surface area contributed by atoms with Crippen molar-refractivity contribution in [2.45, 2.75) is 6.04 Å². The normalized spacial score (nSPS) is 12.5. The lowest BCUT2D eigenvalue weighted by atomic mass is 10.1. The van der Waals surface area contributed by atoms with Crippen LogP contribution in [-0.2, 0) is 0 Å². The number of nitrogens with zero attached hydrogens (tertiary/aromatic N) is 4. The molecular weight excluding hydrogens is 278 g/mol. The molecule has 0 fully saturated rings. The highest BCUT2D eigenvalue weighted by molar-refractivity contribution is 6.29. The summed E-state index contributed by atoms with van der Waals surface area (Å²) in [4.78, 5) is 8.05. The van der Waals surface area contributed by atoms with Crippen molar-refractivity contribution in [1.82, 2.24) is 19.6 Å². The van der Waals surface area contributed by atoms with Crippen LogP contribution in [-0.4, -0.2) is 31.3 Å². The van der Waals surface area contributed by atoms with E-state index in [4.69, 9.17) is 11.6 Å². The maximum absolute atomic E-state index is 9.58. The number of nitrogens with one attached hydrogen (secondary N) is 1. The van der Waals surface area contributed by atoms with E-state index in [1.54, 1.807) is 6.07 Å². The molecule has 0 spiro atoms. The standard InChI is InChI=1S/C13H12ClN5O/c14-11-6-12(19-13(18-11)15-8-16-19)17-10(7-20)9-4-2-1-3-5-9/h1-6,8,10,17,20H,7H2. The molecule has 0 saturated heterocycles. The van der Waals surface area contributed by atoms with Crippen molar-refractivity contribution in [3.63, 3.8) is 0 Å². The molecule has 7 heteroatoms. The van der Waals surface area contributed by atoms with Gasteiger partial charge in [-0.1, -0.05) is 41.9 Å². The van der Waals surface area contributed by atoms with E-state index in [2.05, 4.69) is 20.4 Å². The largest absolute Gasteiger partial charge is 0.394 e. The van der Waals surface area contributed by atoms with Gasteiger partial charge in [-0.25, -0.2) is 0 Å². The molecule has 6 nitrogen and oxygen atoms in total. The average molecular weight is 290 g/mol. The Morgan fingerprint density at radius 3 is 2.85 bits per heavy atom. The molecule has 0 amide bonds. The monoisotopic (exact) mass is 289 g/mol. The number of benzene rings is 1. The van der Waals surface area contributed by atoms with Crippen molar-refractivity contribution in [2.75, 3.05) is 11.9 Å². The van der Waals surface area contributed by atoms with Crippen LogP contribution in [0.3, 0.4) is 0 Å². The molecule has 0 bridgehead atoms. The summed E-state index contributed by atoms with van der Waals surface area (Å²) in [5, 5.41) is 17.2. The molecule has 0 aliphatic carbocycles. The molecule has 2 heterocycles. The highest BCUT2D eigenvalue weighted by Gasteiger charge is 2.13. The lowest BCUT2D eigenvalue weighted by Gasteiger charge is -2.18. The van der Waals surface area contributed by atoms with E-state index in [1.165, 1.54) is 10.8 Å². The molecular formula is C13H12ClN5O. The third kappa shape index (κ3) is 2.43. The average Bonchev–Trinajstić information content (AvgIpc) is 2.93. The van der Waals surface area contributed by atoms with E-state index >= 15 is 0 Å². The van der Waals surface area contributed by atoms with Crippen molar-refractivity contribution < 1.29 is 5.11 Å². The van der Waals surface area contributed by atoms with Gasteiger partial charge in [0.05, 0.1) is 12.6 Å². The van der Waals surface area contributed by atoms with Crippen LogP contribution in [0.2, 0.25) is 5.15 Å². The number of aliphatic hydroxyl groups is 1. The summed E-state index contributed by atoms with van der Waals surface area (Å²) < 4.78 is 1.54. The minimum Gasteiger partial charge on any atom is -0.394 e. The van der Waals surface area contributed by atoms with Crippen LogP contribution in [0, 0.1) is 0 Å². The Kier molecular flexibility index (Phi) is 3.49. The van der Waals surface area contributed by atoms with Gasteiger partial charge in [0.2, 0.25) is 0 Å². The summed E-state index contributed by atoms with van der Waals surface area (Å²) in [6.45, 7) is -0.0554. The van der Waals surface area contributed by atoms with Gasteiger partial charge in [-0.05, 0) is 5.56 Å². The van der Waals surface area contributed by atoms with Crippen LogP contribution in [0.5, 0.6) is 0 Å². The first-order valence-electron chi connectivity index (χ1n) is 6.06. The van der Waals surface area contributed by atoms with Gasteiger partial charge in [0.1, 0.15) is 17.3 Å². The molecule has 0 saturated carbocycles. The first-order chi connectivity index (χ1) is 9.78. The Hall–Kier alpha value is -2.18. The molecule has 2 aromatic heterocycles. The summed E-state index contributed by atoms with van der Waals surface area (Å²) in [5.74, 6) is 1.03. The van der Waals surface area contributed by atoms with E-state index in [1.807, 2.05) is 30.3 Å². The number of halogens is 1. The second-order valence-electron chi connectivity index (χ2n) is 4.23. The topological polar surface area (TPSA) is 75.3 Å². The number of aliphatic hydroxyl groups excluding tert-OH is 1. The second-order valence-corrected chi connectivity index (χ2v) is 4.61.